The SMILES string of the molecule is NC(=S)c1ccc(CNC(=O)c2cscn2)c(F)c1. The monoisotopic (exact) mass is 295 g/mol. The van der Waals surface area contributed by atoms with Gasteiger partial charge in [0.2, 0.25) is 0 Å². The molecule has 0 unspecified atom stereocenters. The first-order valence-electron chi connectivity index (χ1n) is 5.32. The fourth-order valence-electron chi connectivity index (χ4n) is 1.43. The van der Waals surface area contributed by atoms with Crippen molar-refractivity contribution in [2.45, 2.75) is 6.54 Å². The van der Waals surface area contributed by atoms with Crippen molar-refractivity contribution in [3.63, 3.8) is 0 Å². The number of carbonyl (C=O) groups is 1. The molecule has 0 radical (unpaired) electrons. The van der Waals surface area contributed by atoms with Gasteiger partial charge in [0.15, 0.2) is 0 Å². The number of nitrogens with one attached hydrogen (secondary N) is 1. The number of nitrogens with two attached hydrogens (primary N) is 1. The summed E-state index contributed by atoms with van der Waals surface area (Å²) in [6.45, 7) is 0.0831. The molecule has 7 heteroatoms. The summed E-state index contributed by atoms with van der Waals surface area (Å²) in [6.07, 6.45) is 0. The second-order valence-electron chi connectivity index (χ2n) is 3.73. The van der Waals surface area contributed by atoms with E-state index in [1.54, 1.807) is 23.0 Å². The highest BCUT2D eigenvalue weighted by molar-refractivity contribution is 7.80. The van der Waals surface area contributed by atoms with E-state index in [1.807, 2.05) is 0 Å². The molecule has 1 amide bonds. The standard InChI is InChI=1S/C12H10FN3OS2/c13-9-3-7(11(14)18)1-2-8(9)4-15-12(17)10-5-19-6-16-10/h1-3,5-6H,4H2,(H2,14,18)(H,15,17). The lowest BCUT2D eigenvalue weighted by atomic mass is 10.1. The number of nitrogens with zero attached hydrogens (tertiary/aromatic N) is 1. The lowest BCUT2D eigenvalue weighted by Gasteiger charge is -2.06. The molecule has 19 heavy (non-hydrogen) atoms. The minimum Gasteiger partial charge on any atom is -0.389 e. The number of rotatable bonds is 4. The summed E-state index contributed by atoms with van der Waals surface area (Å²) in [5.41, 5.74) is 8.12. The number of carbonyl (C=O) groups excluding carboxylic acids is 1. The number of benzene rings is 1. The number of thiazole rings is 1. The van der Waals surface area contributed by atoms with E-state index in [1.165, 1.54) is 17.4 Å². The van der Waals surface area contributed by atoms with Gasteiger partial charge in [-0.15, -0.1) is 11.3 Å². The predicted molar refractivity (Wildman–Crippen MR) is 75.6 cm³/mol. The van der Waals surface area contributed by atoms with Crippen LogP contribution in [-0.2, 0) is 6.54 Å². The molecule has 0 aliphatic carbocycles. The molecular formula is C12H10FN3OS2. The van der Waals surface area contributed by atoms with Gasteiger partial charge >= 0.3 is 0 Å². The summed E-state index contributed by atoms with van der Waals surface area (Å²) in [5.74, 6) is -0.789. The van der Waals surface area contributed by atoms with E-state index in [4.69, 9.17) is 18.0 Å². The maximum Gasteiger partial charge on any atom is 0.271 e. The van der Waals surface area contributed by atoms with Crippen LogP contribution >= 0.6 is 23.6 Å². The number of amides is 1. The van der Waals surface area contributed by atoms with Gasteiger partial charge in [-0.05, 0) is 6.07 Å². The Morgan fingerprint density at radius 3 is 2.89 bits per heavy atom. The maximum atomic E-state index is 13.7. The van der Waals surface area contributed by atoms with Crippen LogP contribution in [0.4, 0.5) is 4.39 Å². The number of hydrogen-bond acceptors (Lipinski definition) is 4. The van der Waals surface area contributed by atoms with E-state index in [-0.39, 0.29) is 17.4 Å². The quantitative estimate of drug-likeness (QED) is 0.845. The van der Waals surface area contributed by atoms with Gasteiger partial charge in [0, 0.05) is 23.1 Å². The van der Waals surface area contributed by atoms with Gasteiger partial charge in [-0.2, -0.15) is 0 Å². The zero-order valence-electron chi connectivity index (χ0n) is 9.72. The van der Waals surface area contributed by atoms with Crippen molar-refractivity contribution in [3.05, 3.63) is 51.7 Å². The summed E-state index contributed by atoms with van der Waals surface area (Å²) in [6, 6.07) is 4.42. The Bertz CT molecular complexity index is 613. The Hall–Kier alpha value is -1.86. The fraction of sp³-hybridized carbons (Fsp3) is 0.0833. The highest BCUT2D eigenvalue weighted by Gasteiger charge is 2.09. The molecule has 2 aromatic rings. The molecule has 2 rings (SSSR count). The fourth-order valence-corrected chi connectivity index (χ4v) is 2.09. The van der Waals surface area contributed by atoms with Crippen LogP contribution in [0.25, 0.3) is 0 Å². The first-order chi connectivity index (χ1) is 9.08. The van der Waals surface area contributed by atoms with Crippen LogP contribution in [0.2, 0.25) is 0 Å². The Labute approximate surface area is 118 Å². The third-order valence-corrected chi connectivity index (χ3v) is 3.26. The second-order valence-corrected chi connectivity index (χ2v) is 4.89. The third kappa shape index (κ3) is 3.33. The van der Waals surface area contributed by atoms with E-state index < -0.39 is 5.82 Å². The van der Waals surface area contributed by atoms with Gasteiger partial charge < -0.3 is 11.1 Å². The Morgan fingerprint density at radius 1 is 1.53 bits per heavy atom. The molecule has 1 aromatic carbocycles. The molecule has 0 aliphatic rings. The largest absolute Gasteiger partial charge is 0.389 e. The average molecular weight is 295 g/mol. The van der Waals surface area contributed by atoms with Gasteiger partial charge in [-0.25, -0.2) is 9.37 Å². The second kappa shape index (κ2) is 5.85. The van der Waals surface area contributed by atoms with Crippen molar-refractivity contribution in [3.8, 4) is 0 Å². The van der Waals surface area contributed by atoms with Crippen LogP contribution in [0.1, 0.15) is 21.6 Å². The van der Waals surface area contributed by atoms with Gasteiger partial charge in [-0.3, -0.25) is 4.79 Å². The smallest absolute Gasteiger partial charge is 0.271 e. The first kappa shape index (κ1) is 13.6. The molecule has 0 spiro atoms. The number of halogens is 1. The van der Waals surface area contributed by atoms with Crippen molar-refractivity contribution in [1.29, 1.82) is 0 Å². The van der Waals surface area contributed by atoms with Gasteiger partial charge in [-0.1, -0.05) is 24.4 Å². The highest BCUT2D eigenvalue weighted by atomic mass is 32.1. The summed E-state index contributed by atoms with van der Waals surface area (Å²) in [5, 5.41) is 4.22. The molecule has 0 atom stereocenters. The van der Waals surface area contributed by atoms with Gasteiger partial charge in [0.05, 0.1) is 5.51 Å². The number of thiocarbonyl (C=S) groups is 1. The average Bonchev–Trinajstić information content (AvgIpc) is 2.90. The molecule has 1 aromatic heterocycles. The van der Waals surface area contributed by atoms with E-state index in [0.717, 1.165) is 0 Å². The van der Waals surface area contributed by atoms with Crippen molar-refractivity contribution < 1.29 is 9.18 Å². The van der Waals surface area contributed by atoms with Crippen molar-refractivity contribution in [2.24, 2.45) is 5.73 Å². The number of aromatic nitrogens is 1. The zero-order chi connectivity index (χ0) is 13.8. The predicted octanol–water partition coefficient (Wildman–Crippen LogP) is 1.85. The molecule has 1 heterocycles. The van der Waals surface area contributed by atoms with Crippen molar-refractivity contribution in [2.75, 3.05) is 0 Å². The lowest BCUT2D eigenvalue weighted by Crippen LogP contribution is -2.23. The van der Waals surface area contributed by atoms with Gasteiger partial charge in [0.1, 0.15) is 16.5 Å². The minimum atomic E-state index is -0.455. The third-order valence-electron chi connectivity index (χ3n) is 2.44. The van der Waals surface area contributed by atoms with Crippen molar-refractivity contribution >= 4 is 34.5 Å². The van der Waals surface area contributed by atoms with Crippen molar-refractivity contribution in [1.82, 2.24) is 10.3 Å². The Morgan fingerprint density at radius 2 is 2.32 bits per heavy atom. The van der Waals surface area contributed by atoms with Gasteiger partial charge in [0.25, 0.3) is 5.91 Å². The molecule has 4 nitrogen and oxygen atoms in total. The topological polar surface area (TPSA) is 68.0 Å². The van der Waals surface area contributed by atoms with Crippen LogP contribution in [0.3, 0.4) is 0 Å². The Kier molecular flexibility index (Phi) is 4.18. The van der Waals surface area contributed by atoms with E-state index in [0.29, 0.717) is 16.8 Å². The molecule has 0 aliphatic heterocycles. The maximum absolute atomic E-state index is 13.7. The molecular weight excluding hydrogens is 285 g/mol. The molecule has 0 fully saturated rings. The molecule has 0 saturated heterocycles. The molecule has 0 saturated carbocycles. The van der Waals surface area contributed by atoms with Crippen LogP contribution in [0.5, 0.6) is 0 Å². The van der Waals surface area contributed by atoms with Crippen LogP contribution < -0.4 is 11.1 Å². The van der Waals surface area contributed by atoms with Crippen LogP contribution in [0, 0.1) is 5.82 Å². The lowest BCUT2D eigenvalue weighted by molar-refractivity contribution is 0.0946. The zero-order valence-corrected chi connectivity index (χ0v) is 11.4. The molecule has 0 bridgehead atoms. The molecule has 3 N–H and O–H groups in total. The summed E-state index contributed by atoms with van der Waals surface area (Å²) >= 11 is 6.08. The molecule has 98 valence electrons. The minimum absolute atomic E-state index is 0.0831. The first-order valence-corrected chi connectivity index (χ1v) is 6.67. The summed E-state index contributed by atoms with van der Waals surface area (Å²) in [7, 11) is 0. The normalized spacial score (nSPS) is 10.2. The van der Waals surface area contributed by atoms with E-state index in [9.17, 15) is 9.18 Å². The highest BCUT2D eigenvalue weighted by Crippen LogP contribution is 2.11. The van der Waals surface area contributed by atoms with E-state index in [2.05, 4.69) is 10.3 Å². The Balaban J connectivity index is 2.04. The number of hydrogen-bond donors (Lipinski definition) is 2. The van der Waals surface area contributed by atoms with E-state index >= 15 is 0 Å². The van der Waals surface area contributed by atoms with Crippen LogP contribution in [0.15, 0.2) is 29.1 Å². The summed E-state index contributed by atoms with van der Waals surface area (Å²) in [4.78, 5) is 15.6. The summed E-state index contributed by atoms with van der Waals surface area (Å²) < 4.78 is 13.7. The van der Waals surface area contributed by atoms with Crippen LogP contribution in [-0.4, -0.2) is 15.9 Å².